The molecule has 0 amide bonds. The first-order valence-corrected chi connectivity index (χ1v) is 7.26. The Morgan fingerprint density at radius 1 is 1.05 bits per heavy atom. The van der Waals surface area contributed by atoms with E-state index >= 15 is 0 Å². The molecule has 0 saturated carbocycles. The lowest BCUT2D eigenvalue weighted by Crippen LogP contribution is -2.23. The van der Waals surface area contributed by atoms with Crippen molar-refractivity contribution in [2.75, 3.05) is 20.3 Å². The minimum Gasteiger partial charge on any atom is -0.496 e. The van der Waals surface area contributed by atoms with E-state index in [0.717, 1.165) is 22.6 Å². The van der Waals surface area contributed by atoms with Crippen LogP contribution in [0.15, 0.2) is 48.5 Å². The first kappa shape index (κ1) is 16.3. The summed E-state index contributed by atoms with van der Waals surface area (Å²) >= 11 is 0. The summed E-state index contributed by atoms with van der Waals surface area (Å²) in [5.74, 6) is 1.54. The van der Waals surface area contributed by atoms with Gasteiger partial charge in [0.25, 0.3) is 0 Å². The van der Waals surface area contributed by atoms with Crippen LogP contribution in [0.5, 0.6) is 11.5 Å². The van der Waals surface area contributed by atoms with Crippen LogP contribution >= 0.6 is 0 Å². The van der Waals surface area contributed by atoms with Crippen molar-refractivity contribution in [1.82, 2.24) is 0 Å². The summed E-state index contributed by atoms with van der Waals surface area (Å²) in [5, 5.41) is 9.90. The Morgan fingerprint density at radius 3 is 2.64 bits per heavy atom. The Labute approximate surface area is 131 Å². The predicted molar refractivity (Wildman–Crippen MR) is 85.3 cm³/mol. The normalized spacial score (nSPS) is 12.0. The molecule has 1 atom stereocenters. The number of aliphatic hydroxyl groups is 1. The van der Waals surface area contributed by atoms with E-state index in [0.29, 0.717) is 6.61 Å². The summed E-state index contributed by atoms with van der Waals surface area (Å²) in [4.78, 5) is 0. The topological polar surface area (TPSA) is 47.9 Å². The monoisotopic (exact) mass is 302 g/mol. The number of aliphatic hydroxyl groups excluding tert-OH is 1. The van der Waals surface area contributed by atoms with Crippen LogP contribution in [0.1, 0.15) is 11.1 Å². The van der Waals surface area contributed by atoms with Crippen molar-refractivity contribution < 1.29 is 19.3 Å². The quantitative estimate of drug-likeness (QED) is 0.814. The molecule has 4 nitrogen and oxygen atoms in total. The lowest BCUT2D eigenvalue weighted by molar-refractivity contribution is 0.00502. The zero-order valence-corrected chi connectivity index (χ0v) is 13.0. The van der Waals surface area contributed by atoms with E-state index in [1.54, 1.807) is 7.11 Å². The van der Waals surface area contributed by atoms with Gasteiger partial charge in [-0.15, -0.1) is 0 Å². The molecule has 2 aromatic carbocycles. The van der Waals surface area contributed by atoms with Crippen LogP contribution in [0.3, 0.4) is 0 Å². The van der Waals surface area contributed by atoms with E-state index in [4.69, 9.17) is 14.2 Å². The third-order valence-electron chi connectivity index (χ3n) is 3.19. The Hall–Kier alpha value is -2.04. The summed E-state index contributed by atoms with van der Waals surface area (Å²) in [6, 6.07) is 15.4. The zero-order chi connectivity index (χ0) is 15.8. The summed E-state index contributed by atoms with van der Waals surface area (Å²) in [5.41, 5.74) is 2.08. The molecule has 0 spiro atoms. The molecular formula is C18H22O4. The molecule has 0 fully saturated rings. The molecule has 1 N–H and O–H groups in total. The Kier molecular flexibility index (Phi) is 6.25. The largest absolute Gasteiger partial charge is 0.496 e. The van der Waals surface area contributed by atoms with E-state index in [-0.39, 0.29) is 13.2 Å². The number of rotatable bonds is 8. The van der Waals surface area contributed by atoms with Gasteiger partial charge in [-0.25, -0.2) is 0 Å². The lowest BCUT2D eigenvalue weighted by Gasteiger charge is -2.14. The number of hydrogen-bond acceptors (Lipinski definition) is 4. The molecule has 22 heavy (non-hydrogen) atoms. The van der Waals surface area contributed by atoms with Gasteiger partial charge in [0.15, 0.2) is 0 Å². The van der Waals surface area contributed by atoms with Gasteiger partial charge in [-0.05, 0) is 30.7 Å². The molecule has 0 aliphatic rings. The highest BCUT2D eigenvalue weighted by molar-refractivity contribution is 5.32. The number of ether oxygens (including phenoxy) is 3. The number of benzene rings is 2. The second-order valence-corrected chi connectivity index (χ2v) is 5.11. The molecule has 0 aliphatic carbocycles. The van der Waals surface area contributed by atoms with Crippen molar-refractivity contribution in [3.05, 3.63) is 59.7 Å². The maximum absolute atomic E-state index is 9.90. The standard InChI is InChI=1S/C18H22O4/c1-14-6-5-8-17(10-14)22-13-16(19)12-21-11-15-7-3-4-9-18(15)20-2/h3-10,16,19H,11-13H2,1-2H3. The highest BCUT2D eigenvalue weighted by Gasteiger charge is 2.07. The van der Waals surface area contributed by atoms with Crippen LogP contribution in [-0.4, -0.2) is 31.5 Å². The minimum absolute atomic E-state index is 0.204. The minimum atomic E-state index is -0.671. The number of aryl methyl sites for hydroxylation is 1. The first-order chi connectivity index (χ1) is 10.7. The second-order valence-electron chi connectivity index (χ2n) is 5.11. The van der Waals surface area contributed by atoms with Crippen molar-refractivity contribution in [3.63, 3.8) is 0 Å². The van der Waals surface area contributed by atoms with E-state index in [2.05, 4.69) is 0 Å². The number of hydrogen-bond donors (Lipinski definition) is 1. The second kappa shape index (κ2) is 8.41. The summed E-state index contributed by atoms with van der Waals surface area (Å²) in [6.45, 7) is 2.81. The Balaban J connectivity index is 1.72. The van der Waals surface area contributed by atoms with Gasteiger partial charge in [0.05, 0.1) is 20.3 Å². The number of methoxy groups -OCH3 is 1. The highest BCUT2D eigenvalue weighted by atomic mass is 16.5. The van der Waals surface area contributed by atoms with Gasteiger partial charge in [-0.1, -0.05) is 30.3 Å². The third-order valence-corrected chi connectivity index (χ3v) is 3.19. The van der Waals surface area contributed by atoms with Crippen molar-refractivity contribution >= 4 is 0 Å². The summed E-state index contributed by atoms with van der Waals surface area (Å²) in [7, 11) is 1.63. The van der Waals surface area contributed by atoms with Crippen molar-refractivity contribution in [3.8, 4) is 11.5 Å². The van der Waals surface area contributed by atoms with E-state index in [9.17, 15) is 5.11 Å². The molecule has 0 aliphatic heterocycles. The fourth-order valence-electron chi connectivity index (χ4n) is 2.07. The predicted octanol–water partition coefficient (Wildman–Crippen LogP) is 2.96. The van der Waals surface area contributed by atoms with Crippen molar-refractivity contribution in [2.24, 2.45) is 0 Å². The molecule has 0 heterocycles. The first-order valence-electron chi connectivity index (χ1n) is 7.26. The lowest BCUT2D eigenvalue weighted by atomic mass is 10.2. The molecule has 0 aromatic heterocycles. The van der Waals surface area contributed by atoms with Crippen LogP contribution in [0.2, 0.25) is 0 Å². The SMILES string of the molecule is COc1ccccc1COCC(O)COc1cccc(C)c1. The molecule has 0 saturated heterocycles. The third kappa shape index (κ3) is 5.06. The fourth-order valence-corrected chi connectivity index (χ4v) is 2.07. The van der Waals surface area contributed by atoms with Crippen LogP contribution in [0.4, 0.5) is 0 Å². The molecule has 4 heteroatoms. The Bertz CT molecular complexity index is 583. The number of para-hydroxylation sites is 1. The molecule has 0 bridgehead atoms. The molecular weight excluding hydrogens is 280 g/mol. The molecule has 2 rings (SSSR count). The van der Waals surface area contributed by atoms with Gasteiger partial charge in [0, 0.05) is 5.56 Å². The van der Waals surface area contributed by atoms with E-state index in [1.165, 1.54) is 0 Å². The maximum atomic E-state index is 9.90. The summed E-state index contributed by atoms with van der Waals surface area (Å²) < 4.78 is 16.3. The average Bonchev–Trinajstić information content (AvgIpc) is 2.53. The van der Waals surface area contributed by atoms with Crippen LogP contribution in [0.25, 0.3) is 0 Å². The highest BCUT2D eigenvalue weighted by Crippen LogP contribution is 2.18. The Morgan fingerprint density at radius 2 is 1.86 bits per heavy atom. The van der Waals surface area contributed by atoms with Crippen molar-refractivity contribution in [2.45, 2.75) is 19.6 Å². The molecule has 2 aromatic rings. The van der Waals surface area contributed by atoms with Gasteiger partial charge >= 0.3 is 0 Å². The van der Waals surface area contributed by atoms with Gasteiger partial charge in [-0.2, -0.15) is 0 Å². The van der Waals surface area contributed by atoms with Gasteiger partial charge < -0.3 is 19.3 Å². The van der Waals surface area contributed by atoms with Crippen LogP contribution in [0, 0.1) is 6.92 Å². The fraction of sp³-hybridized carbons (Fsp3) is 0.333. The van der Waals surface area contributed by atoms with Crippen molar-refractivity contribution in [1.29, 1.82) is 0 Å². The van der Waals surface area contributed by atoms with Crippen LogP contribution < -0.4 is 9.47 Å². The molecule has 1 unspecified atom stereocenters. The average molecular weight is 302 g/mol. The summed E-state index contributed by atoms with van der Waals surface area (Å²) in [6.07, 6.45) is -0.671. The smallest absolute Gasteiger partial charge is 0.124 e. The molecule has 0 radical (unpaired) electrons. The zero-order valence-electron chi connectivity index (χ0n) is 13.0. The van der Waals surface area contributed by atoms with Crippen LogP contribution in [-0.2, 0) is 11.3 Å². The van der Waals surface area contributed by atoms with Gasteiger partial charge in [0.2, 0.25) is 0 Å². The molecule has 118 valence electrons. The van der Waals surface area contributed by atoms with Gasteiger partial charge in [0.1, 0.15) is 24.2 Å². The van der Waals surface area contributed by atoms with E-state index in [1.807, 2.05) is 55.5 Å². The van der Waals surface area contributed by atoms with E-state index < -0.39 is 6.10 Å². The van der Waals surface area contributed by atoms with Gasteiger partial charge in [-0.3, -0.25) is 0 Å². The maximum Gasteiger partial charge on any atom is 0.124 e.